The molecule has 0 aliphatic carbocycles. The normalized spacial score (nSPS) is 23.1. The summed E-state index contributed by atoms with van der Waals surface area (Å²) < 4.78 is 23.4. The van der Waals surface area contributed by atoms with Crippen molar-refractivity contribution >= 4 is 60.5 Å². The number of fused-ring (bicyclic) bond motifs is 2. The molecule has 7 rings (SSSR count). The minimum atomic E-state index is -3.61. The van der Waals surface area contributed by atoms with Crippen LogP contribution in [0.5, 0.6) is 0 Å². The van der Waals surface area contributed by atoms with Gasteiger partial charge in [-0.3, -0.25) is 19.2 Å². The van der Waals surface area contributed by atoms with Gasteiger partial charge in [-0.05, 0) is 110 Å². The zero-order valence-corrected chi connectivity index (χ0v) is 32.6. The van der Waals surface area contributed by atoms with Crippen LogP contribution in [0.2, 0.25) is 18.6 Å². The van der Waals surface area contributed by atoms with E-state index in [2.05, 4.69) is 10.6 Å². The van der Waals surface area contributed by atoms with Crippen LogP contribution in [0.1, 0.15) is 58.0 Å². The van der Waals surface area contributed by atoms with E-state index in [0.717, 1.165) is 6.42 Å². The van der Waals surface area contributed by atoms with Crippen LogP contribution in [0, 0.1) is 5.92 Å². The third-order valence-electron chi connectivity index (χ3n) is 11.4. The maximum Gasteiger partial charge on any atom is 0.264 e. The monoisotopic (exact) mass is 778 g/mol. The van der Waals surface area contributed by atoms with Gasteiger partial charge in [0.25, 0.3) is 17.7 Å². The third kappa shape index (κ3) is 7.27. The average molecular weight is 779 g/mol. The summed E-state index contributed by atoms with van der Waals surface area (Å²) in [5.41, 5.74) is 13.7. The molecule has 12 nitrogen and oxygen atoms in total. The van der Waals surface area contributed by atoms with Gasteiger partial charge in [-0.2, -0.15) is 0 Å². The lowest BCUT2D eigenvalue weighted by Gasteiger charge is -2.31. The highest BCUT2D eigenvalue weighted by Crippen LogP contribution is 2.60. The predicted molar refractivity (Wildman–Crippen MR) is 216 cm³/mol. The Morgan fingerprint density at radius 2 is 1.52 bits per heavy atom. The van der Waals surface area contributed by atoms with Crippen LogP contribution in [0.25, 0.3) is 0 Å². The van der Waals surface area contributed by atoms with Gasteiger partial charge < -0.3 is 45.9 Å². The highest BCUT2D eigenvalue weighted by Gasteiger charge is 2.67. The predicted octanol–water partition coefficient (Wildman–Crippen LogP) is 6.05. The number of hydrogen-bond acceptors (Lipinski definition) is 8. The SMILES string of the molecule is C[C@H]1[C@H]([Si](C)(C)F)[C@@H](CC(=O)N2CCC[C@H]2CO)O[C@]12C(=O)N(Cc1cccc(NC(=O)c3ccc(N)cc3)c1)c1ccc(NC(=O)c3ccc(N)cc3)cc12. The molecule has 3 heterocycles. The fourth-order valence-corrected chi connectivity index (χ4v) is 11.2. The number of carbonyl (C=O) groups is 4. The Morgan fingerprint density at radius 3 is 2.11 bits per heavy atom. The molecule has 56 heavy (non-hydrogen) atoms. The highest BCUT2D eigenvalue weighted by atomic mass is 28.4. The number of amides is 4. The lowest BCUT2D eigenvalue weighted by molar-refractivity contribution is -0.150. The number of ether oxygens (including phenoxy) is 1. The third-order valence-corrected chi connectivity index (χ3v) is 13.8. The van der Waals surface area contributed by atoms with Crippen molar-refractivity contribution in [3.05, 3.63) is 113 Å². The molecular formula is C42H47FN6O6Si. The van der Waals surface area contributed by atoms with Gasteiger partial charge in [0.2, 0.25) is 14.3 Å². The van der Waals surface area contributed by atoms with Crippen LogP contribution in [0.15, 0.2) is 91.0 Å². The number of nitrogens with one attached hydrogen (secondary N) is 2. The molecule has 4 aromatic carbocycles. The van der Waals surface area contributed by atoms with Gasteiger partial charge in [0.1, 0.15) is 0 Å². The summed E-state index contributed by atoms with van der Waals surface area (Å²) in [6, 6.07) is 25.0. The molecule has 0 aromatic heterocycles. The summed E-state index contributed by atoms with van der Waals surface area (Å²) in [4.78, 5) is 58.5. The van der Waals surface area contributed by atoms with Crippen molar-refractivity contribution in [3.63, 3.8) is 0 Å². The average Bonchev–Trinajstić information content (AvgIpc) is 3.82. The van der Waals surface area contributed by atoms with Gasteiger partial charge in [-0.15, -0.1) is 0 Å². The maximum absolute atomic E-state index is 16.6. The Bertz CT molecular complexity index is 2160. The van der Waals surface area contributed by atoms with E-state index in [1.165, 1.54) is 0 Å². The Kier molecular flexibility index (Phi) is 10.5. The molecule has 1 spiro atoms. The molecule has 292 valence electrons. The van der Waals surface area contributed by atoms with E-state index in [9.17, 15) is 19.5 Å². The summed E-state index contributed by atoms with van der Waals surface area (Å²) in [7, 11) is -3.61. The molecule has 14 heteroatoms. The van der Waals surface area contributed by atoms with Crippen molar-refractivity contribution in [2.24, 2.45) is 5.92 Å². The second-order valence-electron chi connectivity index (χ2n) is 15.5. The van der Waals surface area contributed by atoms with Crippen LogP contribution < -0.4 is 27.0 Å². The largest absolute Gasteiger partial charge is 0.399 e. The van der Waals surface area contributed by atoms with Gasteiger partial charge in [0, 0.05) is 57.4 Å². The van der Waals surface area contributed by atoms with Crippen molar-refractivity contribution in [1.82, 2.24) is 4.90 Å². The van der Waals surface area contributed by atoms with Crippen molar-refractivity contribution in [1.29, 1.82) is 0 Å². The number of aliphatic hydroxyl groups excluding tert-OH is 1. The van der Waals surface area contributed by atoms with Crippen LogP contribution in [0.4, 0.5) is 32.5 Å². The van der Waals surface area contributed by atoms with E-state index in [4.69, 9.17) is 16.2 Å². The van der Waals surface area contributed by atoms with Crippen LogP contribution in [0.3, 0.4) is 0 Å². The van der Waals surface area contributed by atoms with Crippen molar-refractivity contribution < 1.29 is 33.1 Å². The summed E-state index contributed by atoms with van der Waals surface area (Å²) in [6.07, 6.45) is 0.382. The number of likely N-dealkylation sites (tertiary alicyclic amines) is 1. The van der Waals surface area contributed by atoms with Gasteiger partial charge in [-0.25, -0.2) is 0 Å². The van der Waals surface area contributed by atoms with E-state index in [0.29, 0.717) is 63.7 Å². The molecule has 5 atom stereocenters. The van der Waals surface area contributed by atoms with Crippen LogP contribution >= 0.6 is 0 Å². The lowest BCUT2D eigenvalue weighted by atomic mass is 9.82. The van der Waals surface area contributed by atoms with E-state index in [-0.39, 0.29) is 43.3 Å². The zero-order valence-electron chi connectivity index (χ0n) is 31.6. The Hall–Kier alpha value is -5.57. The first-order valence-corrected chi connectivity index (χ1v) is 21.8. The second kappa shape index (κ2) is 15.2. The molecule has 0 bridgehead atoms. The molecule has 0 radical (unpaired) electrons. The van der Waals surface area contributed by atoms with E-state index in [1.807, 2.05) is 13.0 Å². The number of nitrogens with zero attached hydrogens (tertiary/aromatic N) is 2. The number of nitrogens with two attached hydrogens (primary N) is 2. The van der Waals surface area contributed by atoms with Crippen molar-refractivity contribution in [2.75, 3.05) is 40.2 Å². The lowest BCUT2D eigenvalue weighted by Crippen LogP contribution is -2.45. The second-order valence-corrected chi connectivity index (χ2v) is 19.3. The number of halogens is 1. The van der Waals surface area contributed by atoms with E-state index >= 15 is 8.90 Å². The molecule has 0 saturated carbocycles. The molecule has 3 aliphatic rings. The molecule has 2 saturated heterocycles. The van der Waals surface area contributed by atoms with Crippen LogP contribution in [-0.2, 0) is 26.5 Å². The van der Waals surface area contributed by atoms with Gasteiger partial charge >= 0.3 is 0 Å². The zero-order chi connectivity index (χ0) is 39.9. The summed E-state index contributed by atoms with van der Waals surface area (Å²) in [5.74, 6) is -2.06. The number of carbonyl (C=O) groups excluding carboxylic acids is 4. The topological polar surface area (TPSA) is 180 Å². The minimum Gasteiger partial charge on any atom is -0.399 e. The molecule has 4 aromatic rings. The van der Waals surface area contributed by atoms with Crippen LogP contribution in [-0.4, -0.2) is 67.3 Å². The fraction of sp³-hybridized carbons (Fsp3) is 0.333. The summed E-state index contributed by atoms with van der Waals surface area (Å²) >= 11 is 0. The first-order chi connectivity index (χ1) is 26.7. The first kappa shape index (κ1) is 38.7. The van der Waals surface area contributed by atoms with Crippen molar-refractivity contribution in [2.45, 2.75) is 69.1 Å². The summed E-state index contributed by atoms with van der Waals surface area (Å²) in [6.45, 7) is 5.38. The number of rotatable bonds is 10. The van der Waals surface area contributed by atoms with Crippen molar-refractivity contribution in [3.8, 4) is 0 Å². The standard InChI is InChI=1S/C42H47FN6O6Si/c1-25-38(56(2,3)43)36(22-37(51)48-19-5-8-33(48)24-50)55-42(25)34-21-32(47-40(53)28-11-15-30(45)16-12-28)17-18-35(34)49(41(42)54)23-26-6-4-7-31(20-26)46-39(52)27-9-13-29(44)14-10-27/h4,6-7,9-18,20-21,25,33,36,38,50H,5,8,19,22-24,44-45H2,1-3H3,(H,46,52)(H,47,53)/t25-,33-,36+,38-,42+/m0/s1. The Balaban J connectivity index is 1.24. The number of hydrogen-bond donors (Lipinski definition) is 5. The van der Waals surface area contributed by atoms with Gasteiger partial charge in [-0.1, -0.05) is 19.1 Å². The fourth-order valence-electron chi connectivity index (χ4n) is 8.73. The molecule has 2 fully saturated rings. The molecule has 3 aliphatic heterocycles. The molecular weight excluding hydrogens is 732 g/mol. The summed E-state index contributed by atoms with van der Waals surface area (Å²) in [5, 5.41) is 15.8. The number of benzene rings is 4. The number of aliphatic hydroxyl groups is 1. The Labute approximate surface area is 326 Å². The quantitative estimate of drug-likeness (QED) is 0.0733. The smallest absolute Gasteiger partial charge is 0.264 e. The molecule has 7 N–H and O–H groups in total. The number of anilines is 5. The maximum atomic E-state index is 16.6. The van der Waals surface area contributed by atoms with E-state index in [1.54, 1.807) is 108 Å². The van der Waals surface area contributed by atoms with Gasteiger partial charge in [0.15, 0.2) is 5.60 Å². The Morgan fingerprint density at radius 1 is 0.911 bits per heavy atom. The van der Waals surface area contributed by atoms with E-state index < -0.39 is 37.5 Å². The number of nitrogen functional groups attached to an aromatic ring is 2. The minimum absolute atomic E-state index is 0.0864. The highest BCUT2D eigenvalue weighted by molar-refractivity contribution is 6.72. The first-order valence-electron chi connectivity index (χ1n) is 18.9. The molecule has 0 unspecified atom stereocenters. The molecule has 4 amide bonds. The van der Waals surface area contributed by atoms with Gasteiger partial charge in [0.05, 0.1) is 37.4 Å².